The van der Waals surface area contributed by atoms with Crippen molar-refractivity contribution in [2.75, 3.05) is 19.6 Å². The maximum Gasteiger partial charge on any atom is 0.256 e. The van der Waals surface area contributed by atoms with Crippen molar-refractivity contribution in [1.82, 2.24) is 46.4 Å². The fraction of sp³-hybridized carbons (Fsp3) is 0.375. The van der Waals surface area contributed by atoms with Gasteiger partial charge in [0.25, 0.3) is 17.7 Å². The lowest BCUT2D eigenvalue weighted by Gasteiger charge is -2.13. The highest BCUT2D eigenvalue weighted by atomic mass is 16.5. The third-order valence-electron chi connectivity index (χ3n) is 14.3. The number of nitrogens with one attached hydrogen (secondary N) is 3. The van der Waals surface area contributed by atoms with E-state index in [0.29, 0.717) is 102 Å². The molecule has 3 heterocycles. The van der Waals surface area contributed by atoms with Gasteiger partial charge in [-0.25, -0.2) is 14.5 Å². The van der Waals surface area contributed by atoms with Crippen LogP contribution in [0, 0.1) is 19.7 Å². The zero-order valence-electron chi connectivity index (χ0n) is 64.5. The summed E-state index contributed by atoms with van der Waals surface area (Å²) >= 11 is 0. The van der Waals surface area contributed by atoms with Gasteiger partial charge in [-0.1, -0.05) is 90.8 Å². The SMILES string of the molecule is [2H]C([2H])(C)CN[C@H]1CC([2H])([2H])c2c(-c3noc(-c4ccc(OC(C)C)c([N+]#[C-])c4)n3)cccc21.[2H]C1([2H])C[C@H](NC([2H])([2H])C([2H])([2H])C)c2cccc(-c3noc(-c4ccc(OC(C)C)c([N+]#[C-])c4)n3)c21.[2H]C1([2H])C[C@]([2H])(NCCC)c2cccc(-c3noc(-c4ccc(OC(C)C)c([N+]#[C-])c4)n3)c21. The quantitative estimate of drug-likeness (QED) is 0.0575. The lowest BCUT2D eigenvalue weighted by atomic mass is 10.0. The second kappa shape index (κ2) is 29.7. The number of benzene rings is 6. The predicted octanol–water partition coefficient (Wildman–Crippen LogP) is 17.2. The molecule has 462 valence electrons. The molecular formula is C72H78N12O6. The fourth-order valence-corrected chi connectivity index (χ4v) is 10.3. The Bertz CT molecular complexity index is 4720. The normalized spacial score (nSPS) is 20.3. The van der Waals surface area contributed by atoms with E-state index < -0.39 is 50.4 Å². The molecule has 3 N–H and O–H groups in total. The van der Waals surface area contributed by atoms with E-state index >= 15 is 0 Å². The number of hydrogen-bond donors (Lipinski definition) is 3. The molecule has 0 spiro atoms. The molecule has 18 heteroatoms. The molecule has 3 aromatic heterocycles. The van der Waals surface area contributed by atoms with Gasteiger partial charge in [0.2, 0.25) is 34.5 Å². The summed E-state index contributed by atoms with van der Waals surface area (Å²) in [5, 5.41) is 21.3. The first kappa shape index (κ1) is 48.4. The maximum atomic E-state index is 8.88. The Hall–Kier alpha value is -9.51. The molecule has 0 bridgehead atoms. The zero-order chi connectivity index (χ0) is 74.9. The molecule has 6 aromatic carbocycles. The Kier molecular flexibility index (Phi) is 16.0. The third kappa shape index (κ3) is 14.6. The zero-order valence-corrected chi connectivity index (χ0v) is 51.5. The average molecular weight is 1220 g/mol. The van der Waals surface area contributed by atoms with E-state index in [1.54, 1.807) is 97.1 Å². The molecule has 18 nitrogen and oxygen atoms in total. The Morgan fingerprint density at radius 1 is 0.511 bits per heavy atom. The molecule has 3 aliphatic rings. The average Bonchev–Trinajstić information content (AvgIpc) is 1.59. The highest BCUT2D eigenvalue weighted by Crippen LogP contribution is 2.42. The Morgan fingerprint density at radius 2 is 0.900 bits per heavy atom. The van der Waals surface area contributed by atoms with Gasteiger partial charge >= 0.3 is 0 Å². The lowest BCUT2D eigenvalue weighted by Crippen LogP contribution is -2.19. The molecule has 0 unspecified atom stereocenters. The summed E-state index contributed by atoms with van der Waals surface area (Å²) in [4.78, 5) is 24.0. The largest absolute Gasteiger partial charge is 0.502 e. The van der Waals surface area contributed by atoms with Crippen molar-refractivity contribution in [2.24, 2.45) is 0 Å². The van der Waals surface area contributed by atoms with E-state index in [2.05, 4.69) is 60.9 Å². The van der Waals surface area contributed by atoms with Crippen molar-refractivity contribution < 1.29 is 45.6 Å². The summed E-state index contributed by atoms with van der Waals surface area (Å²) in [6, 6.07) is 28.7. The summed E-state index contributed by atoms with van der Waals surface area (Å²) in [5.41, 5.74) is 7.18. The van der Waals surface area contributed by atoms with E-state index in [9.17, 15) is 0 Å². The molecular weight excluding hydrogens is 1130 g/mol. The van der Waals surface area contributed by atoms with Gasteiger partial charge in [0.05, 0.1) is 39.4 Å². The van der Waals surface area contributed by atoms with E-state index in [-0.39, 0.29) is 85.3 Å². The molecule has 0 saturated carbocycles. The van der Waals surface area contributed by atoms with Crippen LogP contribution in [-0.4, -0.2) is 68.3 Å². The van der Waals surface area contributed by atoms with Crippen molar-refractivity contribution in [2.45, 2.75) is 156 Å². The maximum absolute atomic E-state index is 8.88. The monoisotopic (exact) mass is 1220 g/mol. The first-order valence-corrected chi connectivity index (χ1v) is 29.6. The first-order chi connectivity index (χ1) is 48.4. The van der Waals surface area contributed by atoms with Crippen molar-refractivity contribution >= 4 is 17.1 Å². The van der Waals surface area contributed by atoms with E-state index in [1.807, 2.05) is 60.6 Å². The van der Waals surface area contributed by atoms with Crippen LogP contribution in [0.3, 0.4) is 0 Å². The summed E-state index contributed by atoms with van der Waals surface area (Å²) in [6.07, 6.45) is -8.04. The van der Waals surface area contributed by atoms with Crippen LogP contribution in [0.1, 0.15) is 170 Å². The van der Waals surface area contributed by atoms with Crippen LogP contribution in [0.5, 0.6) is 17.2 Å². The van der Waals surface area contributed by atoms with Gasteiger partial charge in [-0.3, -0.25) is 0 Å². The van der Waals surface area contributed by atoms with Gasteiger partial charge in [0.15, 0.2) is 0 Å². The lowest BCUT2D eigenvalue weighted by molar-refractivity contribution is 0.244. The van der Waals surface area contributed by atoms with Gasteiger partial charge in [0, 0.05) is 67.9 Å². The predicted molar refractivity (Wildman–Crippen MR) is 350 cm³/mol. The second-order valence-electron chi connectivity index (χ2n) is 21.8. The molecule has 0 saturated heterocycles. The minimum Gasteiger partial charge on any atom is -0.502 e. The Morgan fingerprint density at radius 3 is 1.28 bits per heavy atom. The molecule has 0 aliphatic heterocycles. The topological polar surface area (TPSA) is 194 Å². The van der Waals surface area contributed by atoms with Crippen LogP contribution in [-0.2, 0) is 19.1 Å². The van der Waals surface area contributed by atoms with Gasteiger partial charge in [-0.15, -0.1) is 0 Å². The number of fused-ring (bicyclic) bond motifs is 3. The van der Waals surface area contributed by atoms with Crippen LogP contribution in [0.4, 0.5) is 17.1 Å². The second-order valence-corrected chi connectivity index (χ2v) is 21.8. The summed E-state index contributed by atoms with van der Waals surface area (Å²) < 4.78 is 141. The van der Waals surface area contributed by atoms with E-state index in [1.165, 1.54) is 6.92 Å². The smallest absolute Gasteiger partial charge is 0.256 e. The van der Waals surface area contributed by atoms with Crippen molar-refractivity contribution in [3.63, 3.8) is 0 Å². The number of ether oxygens (including phenoxy) is 3. The minimum absolute atomic E-state index is 0.00271. The van der Waals surface area contributed by atoms with Crippen LogP contribution < -0.4 is 30.2 Å². The third-order valence-corrected chi connectivity index (χ3v) is 14.3. The van der Waals surface area contributed by atoms with Gasteiger partial charge in [-0.2, -0.15) is 15.0 Å². The minimum atomic E-state index is -2.38. The summed E-state index contributed by atoms with van der Waals surface area (Å²) in [6.45, 7) is 36.7. The van der Waals surface area contributed by atoms with Crippen LogP contribution in [0.2, 0.25) is 0 Å². The fourth-order valence-electron chi connectivity index (χ4n) is 10.3. The highest BCUT2D eigenvalue weighted by Gasteiger charge is 2.30. The standard InChI is InChI=1S/3C24H26N4O2/c3*1-5-13-26-20-11-10-17-18(20)7-6-8-19(17)23-27-24(30-28-23)16-9-12-22(29-15(2)3)21(14-16)25-4/h3*6-9,12,14-15,20,26H,5,10-11,13H2,1-3H3/t3*20-/m000/s1/i5D2,10D2,13D2;10D2,20D;5D2,10D2. The van der Waals surface area contributed by atoms with Crippen LogP contribution >= 0.6 is 0 Å². The Balaban J connectivity index is 0.000000166. The van der Waals surface area contributed by atoms with Gasteiger partial charge < -0.3 is 43.7 Å². The first-order valence-electron chi connectivity index (χ1n) is 36.1. The van der Waals surface area contributed by atoms with Gasteiger partial charge in [-0.05, 0) is 207 Å². The van der Waals surface area contributed by atoms with E-state index in [4.69, 9.17) is 65.3 Å². The Labute approximate surface area is 545 Å². The molecule has 3 atom stereocenters. The van der Waals surface area contributed by atoms with Crippen molar-refractivity contribution in [3.8, 4) is 85.8 Å². The molecule has 9 aromatic rings. The molecule has 0 amide bonds. The highest BCUT2D eigenvalue weighted by molar-refractivity contribution is 5.74. The van der Waals surface area contributed by atoms with E-state index in [0.717, 1.165) is 18.9 Å². The van der Waals surface area contributed by atoms with Crippen molar-refractivity contribution in [3.05, 3.63) is 177 Å². The molecule has 90 heavy (non-hydrogen) atoms. The number of nitrogens with zero attached hydrogens (tertiary/aromatic N) is 9. The van der Waals surface area contributed by atoms with Gasteiger partial charge in [0.1, 0.15) is 17.2 Å². The van der Waals surface area contributed by atoms with Crippen LogP contribution in [0.15, 0.2) is 123 Å². The number of rotatable bonds is 21. The van der Waals surface area contributed by atoms with Crippen molar-refractivity contribution in [1.29, 1.82) is 0 Å². The molecule has 0 fully saturated rings. The summed E-state index contributed by atoms with van der Waals surface area (Å²) in [7, 11) is 0. The molecule has 0 radical (unpaired) electrons. The number of hydrogen-bond acceptors (Lipinski definition) is 15. The summed E-state index contributed by atoms with van der Waals surface area (Å²) in [5.74, 6) is 2.70. The van der Waals surface area contributed by atoms with Crippen LogP contribution in [0.25, 0.3) is 83.1 Å². The molecule has 12 rings (SSSR count). The molecule has 3 aliphatic carbocycles. The number of aromatic nitrogens is 6.